The Kier molecular flexibility index (Phi) is 5.69. The minimum absolute atomic E-state index is 0.412. The molecular formula is C12H11BrF2N2. The van der Waals surface area contributed by atoms with Crippen molar-refractivity contribution in [2.24, 2.45) is 0 Å². The smallest absolute Gasteiger partial charge is 0.213 e. The molecule has 90 valence electrons. The number of aromatic nitrogens is 2. The lowest BCUT2D eigenvalue weighted by Crippen LogP contribution is -1.83. The molecule has 0 fully saturated rings. The zero-order valence-electron chi connectivity index (χ0n) is 9.20. The molecule has 0 radical (unpaired) electrons. The minimum atomic E-state index is -0.424. The van der Waals surface area contributed by atoms with Crippen molar-refractivity contribution >= 4 is 15.9 Å². The van der Waals surface area contributed by atoms with E-state index in [0.29, 0.717) is 5.33 Å². The van der Waals surface area contributed by atoms with E-state index >= 15 is 0 Å². The predicted molar refractivity (Wildman–Crippen MR) is 65.8 cm³/mol. The Bertz CT molecular complexity index is 460. The topological polar surface area (TPSA) is 25.8 Å². The van der Waals surface area contributed by atoms with Gasteiger partial charge in [-0.25, -0.2) is 9.97 Å². The van der Waals surface area contributed by atoms with Gasteiger partial charge in [-0.05, 0) is 42.3 Å². The highest BCUT2D eigenvalue weighted by atomic mass is 79.9. The molecule has 0 unspecified atom stereocenters. The third kappa shape index (κ3) is 5.49. The van der Waals surface area contributed by atoms with Gasteiger partial charge in [-0.15, -0.1) is 0 Å². The van der Waals surface area contributed by atoms with Gasteiger partial charge in [-0.3, -0.25) is 0 Å². The molecule has 0 aromatic carbocycles. The summed E-state index contributed by atoms with van der Waals surface area (Å²) in [7, 11) is 0. The van der Waals surface area contributed by atoms with Crippen molar-refractivity contribution in [2.75, 3.05) is 0 Å². The van der Waals surface area contributed by atoms with E-state index in [4.69, 9.17) is 0 Å². The number of hydrogen-bond donors (Lipinski definition) is 0. The van der Waals surface area contributed by atoms with Crippen LogP contribution < -0.4 is 0 Å². The Morgan fingerprint density at radius 1 is 1.06 bits per heavy atom. The Hall–Kier alpha value is -1.36. The van der Waals surface area contributed by atoms with Crippen molar-refractivity contribution in [1.82, 2.24) is 9.97 Å². The van der Waals surface area contributed by atoms with Crippen LogP contribution >= 0.6 is 15.9 Å². The van der Waals surface area contributed by atoms with Crippen LogP contribution in [0.25, 0.3) is 0 Å². The number of halogens is 3. The minimum Gasteiger partial charge on any atom is -0.228 e. The Morgan fingerprint density at radius 2 is 1.65 bits per heavy atom. The molecule has 0 saturated carbocycles. The summed E-state index contributed by atoms with van der Waals surface area (Å²) in [5, 5.41) is 0.673. The molecule has 0 bridgehead atoms. The van der Waals surface area contributed by atoms with Crippen molar-refractivity contribution in [1.29, 1.82) is 0 Å². The zero-order valence-corrected chi connectivity index (χ0v) is 10.8. The average Bonchev–Trinajstić information content (AvgIpc) is 2.29. The van der Waals surface area contributed by atoms with Gasteiger partial charge < -0.3 is 0 Å². The fourth-order valence-electron chi connectivity index (χ4n) is 1.02. The van der Waals surface area contributed by atoms with Crippen LogP contribution in [0.5, 0.6) is 0 Å². The number of aryl methyl sites for hydroxylation is 1. The van der Waals surface area contributed by atoms with Crippen LogP contribution in [-0.4, -0.2) is 9.97 Å². The van der Waals surface area contributed by atoms with E-state index in [0.717, 1.165) is 11.1 Å². The van der Waals surface area contributed by atoms with Gasteiger partial charge in [-0.2, -0.15) is 8.78 Å². The van der Waals surface area contributed by atoms with Crippen molar-refractivity contribution in [3.05, 3.63) is 59.7 Å². The van der Waals surface area contributed by atoms with Crippen LogP contribution in [-0.2, 0) is 5.33 Å². The first-order valence-corrected chi connectivity index (χ1v) is 5.98. The normalized spacial score (nSPS) is 9.41. The maximum Gasteiger partial charge on any atom is 0.213 e. The van der Waals surface area contributed by atoms with Crippen molar-refractivity contribution in [3.63, 3.8) is 0 Å². The van der Waals surface area contributed by atoms with Crippen LogP contribution in [0.15, 0.2) is 36.7 Å². The maximum absolute atomic E-state index is 12.2. The third-order valence-electron chi connectivity index (χ3n) is 1.83. The summed E-state index contributed by atoms with van der Waals surface area (Å²) < 4.78 is 24.3. The number of nitrogens with zero attached hydrogens (tertiary/aromatic N) is 2. The van der Waals surface area contributed by atoms with Crippen LogP contribution in [0.2, 0.25) is 0 Å². The molecule has 17 heavy (non-hydrogen) atoms. The van der Waals surface area contributed by atoms with E-state index < -0.39 is 11.9 Å². The molecule has 2 aromatic rings. The summed E-state index contributed by atoms with van der Waals surface area (Å²) in [6, 6.07) is 6.30. The summed E-state index contributed by atoms with van der Waals surface area (Å²) >= 11 is 3.20. The first kappa shape index (κ1) is 13.7. The van der Waals surface area contributed by atoms with Crippen LogP contribution in [0.1, 0.15) is 11.1 Å². The molecule has 2 heterocycles. The molecule has 5 heteroatoms. The molecular weight excluding hydrogens is 290 g/mol. The number of hydrogen-bond acceptors (Lipinski definition) is 2. The molecule has 2 nitrogen and oxygen atoms in total. The van der Waals surface area contributed by atoms with Gasteiger partial charge in [0.25, 0.3) is 0 Å². The Morgan fingerprint density at radius 3 is 2.00 bits per heavy atom. The fourth-order valence-corrected chi connectivity index (χ4v) is 1.37. The van der Waals surface area contributed by atoms with Crippen molar-refractivity contribution in [3.8, 4) is 0 Å². The largest absolute Gasteiger partial charge is 0.228 e. The highest BCUT2D eigenvalue weighted by Crippen LogP contribution is 2.04. The van der Waals surface area contributed by atoms with Gasteiger partial charge in [0, 0.05) is 17.7 Å². The number of rotatable bonds is 1. The molecule has 0 aliphatic carbocycles. The summed E-state index contributed by atoms with van der Waals surface area (Å²) in [5.74, 6) is -0.836. The zero-order chi connectivity index (χ0) is 12.7. The van der Waals surface area contributed by atoms with Crippen molar-refractivity contribution in [2.45, 2.75) is 12.3 Å². The van der Waals surface area contributed by atoms with Gasteiger partial charge >= 0.3 is 0 Å². The Balaban J connectivity index is 0.000000171. The fraction of sp³-hybridized carbons (Fsp3) is 0.167. The van der Waals surface area contributed by atoms with Gasteiger partial charge in [0.15, 0.2) is 0 Å². The van der Waals surface area contributed by atoms with E-state index in [1.165, 1.54) is 24.5 Å². The van der Waals surface area contributed by atoms with E-state index in [9.17, 15) is 8.78 Å². The summed E-state index contributed by atoms with van der Waals surface area (Å²) in [4.78, 5) is 6.77. The highest BCUT2D eigenvalue weighted by Gasteiger charge is 1.91. The van der Waals surface area contributed by atoms with Crippen molar-refractivity contribution < 1.29 is 8.78 Å². The summed E-state index contributed by atoms with van der Waals surface area (Å²) in [5.41, 5.74) is 1.81. The molecule has 0 aliphatic heterocycles. The van der Waals surface area contributed by atoms with E-state index in [2.05, 4.69) is 25.9 Å². The van der Waals surface area contributed by atoms with Gasteiger partial charge in [0.05, 0.1) is 0 Å². The highest BCUT2D eigenvalue weighted by molar-refractivity contribution is 9.08. The second kappa shape index (κ2) is 7.06. The lowest BCUT2D eigenvalue weighted by atomic mass is 10.3. The molecule has 0 saturated heterocycles. The SMILES string of the molecule is Cc1ccnc(F)c1.Fc1cc(CBr)ccn1. The number of alkyl halides is 1. The quantitative estimate of drug-likeness (QED) is 0.593. The second-order valence-electron chi connectivity index (χ2n) is 3.28. The van der Waals surface area contributed by atoms with Crippen LogP contribution in [0.3, 0.4) is 0 Å². The Labute approximate surface area is 107 Å². The molecule has 0 spiro atoms. The van der Waals surface area contributed by atoms with E-state index in [1.54, 1.807) is 12.1 Å². The van der Waals surface area contributed by atoms with Gasteiger partial charge in [-0.1, -0.05) is 15.9 Å². The molecule has 2 rings (SSSR count). The second-order valence-corrected chi connectivity index (χ2v) is 3.84. The van der Waals surface area contributed by atoms with Crippen LogP contribution in [0.4, 0.5) is 8.78 Å². The van der Waals surface area contributed by atoms with Gasteiger partial charge in [0.2, 0.25) is 11.9 Å². The molecule has 0 aliphatic rings. The standard InChI is InChI=1S/C6H5BrFN.C6H6FN/c7-4-5-1-2-9-6(8)3-5;1-5-2-3-8-6(7)4-5/h1-3H,4H2;2-4H,1H3. The lowest BCUT2D eigenvalue weighted by Gasteiger charge is -1.90. The predicted octanol–water partition coefficient (Wildman–Crippen LogP) is 3.64. The first-order valence-electron chi connectivity index (χ1n) is 4.86. The molecule has 0 amide bonds. The monoisotopic (exact) mass is 300 g/mol. The average molecular weight is 301 g/mol. The lowest BCUT2D eigenvalue weighted by molar-refractivity contribution is 0.582. The molecule has 0 N–H and O–H groups in total. The summed E-state index contributed by atoms with van der Waals surface area (Å²) in [6.07, 6.45) is 2.90. The first-order chi connectivity index (χ1) is 8.11. The van der Waals surface area contributed by atoms with E-state index in [1.807, 2.05) is 6.92 Å². The molecule has 0 atom stereocenters. The van der Waals surface area contributed by atoms with Crippen LogP contribution in [0, 0.1) is 18.8 Å². The number of pyridine rings is 2. The summed E-state index contributed by atoms with van der Waals surface area (Å²) in [6.45, 7) is 1.82. The van der Waals surface area contributed by atoms with Gasteiger partial charge in [0.1, 0.15) is 0 Å². The molecule has 2 aromatic heterocycles. The third-order valence-corrected chi connectivity index (χ3v) is 2.47. The maximum atomic E-state index is 12.2. The van der Waals surface area contributed by atoms with E-state index in [-0.39, 0.29) is 0 Å².